The highest BCUT2D eigenvalue weighted by Crippen LogP contribution is 2.16. The SMILES string of the molecule is O=C1N=[S+]c2ccccc21. The second-order valence-corrected chi connectivity index (χ2v) is 2.79. The van der Waals surface area contributed by atoms with Gasteiger partial charge < -0.3 is 0 Å². The number of hydrogen-bond donors (Lipinski definition) is 0. The molecule has 1 amide bonds. The van der Waals surface area contributed by atoms with E-state index in [1.165, 1.54) is 11.6 Å². The zero-order valence-corrected chi connectivity index (χ0v) is 5.89. The first-order chi connectivity index (χ1) is 4.88. The molecule has 0 spiro atoms. The largest absolute Gasteiger partial charge is 0.367 e. The first kappa shape index (κ1) is 5.68. The van der Waals surface area contributed by atoms with Crippen LogP contribution < -0.4 is 0 Å². The van der Waals surface area contributed by atoms with E-state index in [4.69, 9.17) is 0 Å². The van der Waals surface area contributed by atoms with Crippen molar-refractivity contribution in [3.05, 3.63) is 29.8 Å². The van der Waals surface area contributed by atoms with Gasteiger partial charge in [-0.1, -0.05) is 12.1 Å². The fourth-order valence-electron chi connectivity index (χ4n) is 0.863. The van der Waals surface area contributed by atoms with Crippen molar-refractivity contribution in [2.75, 3.05) is 0 Å². The van der Waals surface area contributed by atoms with Gasteiger partial charge in [0, 0.05) is 6.07 Å². The zero-order valence-electron chi connectivity index (χ0n) is 5.07. The van der Waals surface area contributed by atoms with Crippen LogP contribution in [0, 0.1) is 0 Å². The lowest BCUT2D eigenvalue weighted by Gasteiger charge is -1.80. The molecule has 2 nitrogen and oxygen atoms in total. The van der Waals surface area contributed by atoms with Gasteiger partial charge in [0.25, 0.3) is 4.90 Å². The molecule has 0 fully saturated rings. The highest BCUT2D eigenvalue weighted by Gasteiger charge is 2.27. The van der Waals surface area contributed by atoms with E-state index >= 15 is 0 Å². The Balaban J connectivity index is 2.70. The van der Waals surface area contributed by atoms with Gasteiger partial charge in [-0.05, 0) is 6.07 Å². The number of amides is 1. The van der Waals surface area contributed by atoms with Crippen molar-refractivity contribution >= 4 is 17.5 Å². The Morgan fingerprint density at radius 3 is 2.90 bits per heavy atom. The second-order valence-electron chi connectivity index (χ2n) is 1.98. The van der Waals surface area contributed by atoms with Crippen LogP contribution in [0.3, 0.4) is 0 Å². The van der Waals surface area contributed by atoms with Crippen LogP contribution in [0.4, 0.5) is 0 Å². The Labute approximate surface area is 62.0 Å². The van der Waals surface area contributed by atoms with E-state index in [-0.39, 0.29) is 5.91 Å². The number of carbonyl (C=O) groups is 1. The van der Waals surface area contributed by atoms with Crippen molar-refractivity contribution in [1.82, 2.24) is 0 Å². The van der Waals surface area contributed by atoms with Gasteiger partial charge in [0.05, 0.1) is 4.36 Å². The van der Waals surface area contributed by atoms with Gasteiger partial charge in [-0.15, -0.1) is 0 Å². The summed E-state index contributed by atoms with van der Waals surface area (Å²) < 4.78 is 3.68. The standard InChI is InChI=1S/C7H4NOS/c9-7-5-3-1-2-4-6(5)10-8-7/h1-4H/q+1. The minimum Gasteiger partial charge on any atom is -0.261 e. The second kappa shape index (κ2) is 1.95. The Hall–Kier alpha value is -1.09. The Morgan fingerprint density at radius 1 is 1.30 bits per heavy atom. The Bertz CT molecular complexity index is 319. The van der Waals surface area contributed by atoms with Crippen LogP contribution in [0.1, 0.15) is 10.4 Å². The maximum absolute atomic E-state index is 10.9. The summed E-state index contributed by atoms with van der Waals surface area (Å²) in [4.78, 5) is 11.8. The molecule has 0 aromatic heterocycles. The fraction of sp³-hybridized carbons (Fsp3) is 0. The molecule has 2 rings (SSSR count). The summed E-state index contributed by atoms with van der Waals surface area (Å²) in [7, 11) is 0. The van der Waals surface area contributed by atoms with Gasteiger partial charge in [-0.25, -0.2) is 0 Å². The number of nitrogens with zero attached hydrogens (tertiary/aromatic N) is 1. The van der Waals surface area contributed by atoms with Crippen LogP contribution in [-0.2, 0) is 11.6 Å². The average Bonchev–Trinajstić information content (AvgIpc) is 2.34. The molecule has 3 heteroatoms. The summed E-state index contributed by atoms with van der Waals surface area (Å²) in [6, 6.07) is 7.44. The lowest BCUT2D eigenvalue weighted by Crippen LogP contribution is -1.88. The molecule has 1 aliphatic heterocycles. The number of rotatable bonds is 0. The highest BCUT2D eigenvalue weighted by atomic mass is 32.1. The zero-order chi connectivity index (χ0) is 6.97. The summed E-state index contributed by atoms with van der Waals surface area (Å²) in [5.74, 6) is -0.111. The van der Waals surface area contributed by atoms with Crippen LogP contribution in [0.15, 0.2) is 33.5 Å². The molecule has 1 aliphatic rings. The van der Waals surface area contributed by atoms with Crippen LogP contribution in [0.2, 0.25) is 0 Å². The number of hydrogen-bond acceptors (Lipinski definition) is 1. The highest BCUT2D eigenvalue weighted by molar-refractivity contribution is 7.69. The van der Waals surface area contributed by atoms with E-state index in [1.54, 1.807) is 6.07 Å². The lowest BCUT2D eigenvalue weighted by atomic mass is 10.2. The molecule has 0 unspecified atom stereocenters. The molecular weight excluding hydrogens is 146 g/mol. The lowest BCUT2D eigenvalue weighted by molar-refractivity contribution is 0.101. The maximum Gasteiger partial charge on any atom is 0.367 e. The van der Waals surface area contributed by atoms with Gasteiger partial charge in [0.15, 0.2) is 0 Å². The molecule has 0 aliphatic carbocycles. The fourth-order valence-corrected chi connectivity index (χ4v) is 1.54. The Kier molecular flexibility index (Phi) is 1.11. The molecule has 1 heterocycles. The summed E-state index contributed by atoms with van der Waals surface area (Å²) in [6.45, 7) is 0. The molecule has 10 heavy (non-hydrogen) atoms. The first-order valence-electron chi connectivity index (χ1n) is 2.89. The minimum atomic E-state index is -0.111. The van der Waals surface area contributed by atoms with E-state index in [0.29, 0.717) is 0 Å². The van der Waals surface area contributed by atoms with E-state index < -0.39 is 0 Å². The first-order valence-corrected chi connectivity index (χ1v) is 3.67. The van der Waals surface area contributed by atoms with E-state index in [1.807, 2.05) is 18.2 Å². The number of fused-ring (bicyclic) bond motifs is 1. The average molecular weight is 150 g/mol. The predicted molar refractivity (Wildman–Crippen MR) is 38.8 cm³/mol. The molecule has 0 radical (unpaired) electrons. The maximum atomic E-state index is 10.9. The Morgan fingerprint density at radius 2 is 2.10 bits per heavy atom. The van der Waals surface area contributed by atoms with E-state index in [9.17, 15) is 4.79 Å². The van der Waals surface area contributed by atoms with Gasteiger partial charge in [-0.2, -0.15) is 0 Å². The molecular formula is C7H4NOS+. The molecule has 1 aromatic rings. The molecule has 0 saturated heterocycles. The monoisotopic (exact) mass is 150 g/mol. The van der Waals surface area contributed by atoms with E-state index in [2.05, 4.69) is 4.36 Å². The van der Waals surface area contributed by atoms with Crippen molar-refractivity contribution in [1.29, 1.82) is 0 Å². The smallest absolute Gasteiger partial charge is 0.261 e. The third kappa shape index (κ3) is 0.675. The minimum absolute atomic E-state index is 0.111. The van der Waals surface area contributed by atoms with Gasteiger partial charge in [0.1, 0.15) is 5.56 Å². The van der Waals surface area contributed by atoms with Crippen molar-refractivity contribution in [2.24, 2.45) is 4.36 Å². The normalized spacial score (nSPS) is 13.8. The van der Waals surface area contributed by atoms with Crippen molar-refractivity contribution in [2.45, 2.75) is 4.90 Å². The molecule has 0 bridgehead atoms. The topological polar surface area (TPSA) is 29.4 Å². The van der Waals surface area contributed by atoms with Gasteiger partial charge >= 0.3 is 17.5 Å². The third-order valence-corrected chi connectivity index (χ3v) is 2.15. The predicted octanol–water partition coefficient (Wildman–Crippen LogP) is 1.47. The van der Waals surface area contributed by atoms with Crippen LogP contribution >= 0.6 is 0 Å². The van der Waals surface area contributed by atoms with Crippen molar-refractivity contribution in [3.8, 4) is 0 Å². The molecule has 48 valence electrons. The molecule has 0 saturated carbocycles. The van der Waals surface area contributed by atoms with Crippen LogP contribution in [-0.4, -0.2) is 5.91 Å². The number of carbonyl (C=O) groups excluding carboxylic acids is 1. The van der Waals surface area contributed by atoms with Crippen LogP contribution in [0.25, 0.3) is 0 Å². The van der Waals surface area contributed by atoms with Crippen molar-refractivity contribution in [3.63, 3.8) is 0 Å². The summed E-state index contributed by atoms with van der Waals surface area (Å²) in [5.41, 5.74) is 0.729. The third-order valence-electron chi connectivity index (χ3n) is 1.34. The quantitative estimate of drug-likeness (QED) is 0.515. The summed E-state index contributed by atoms with van der Waals surface area (Å²) in [6.07, 6.45) is 0. The molecule has 1 aromatic carbocycles. The van der Waals surface area contributed by atoms with Gasteiger partial charge in [-0.3, -0.25) is 4.79 Å². The summed E-state index contributed by atoms with van der Waals surface area (Å²) in [5, 5.41) is 0. The summed E-state index contributed by atoms with van der Waals surface area (Å²) >= 11 is 1.25. The van der Waals surface area contributed by atoms with Crippen molar-refractivity contribution < 1.29 is 4.79 Å². The van der Waals surface area contributed by atoms with E-state index in [0.717, 1.165) is 10.5 Å². The molecule has 0 N–H and O–H groups in total. The number of benzene rings is 1. The van der Waals surface area contributed by atoms with Gasteiger partial charge in [0.2, 0.25) is 0 Å². The van der Waals surface area contributed by atoms with Crippen LogP contribution in [0.5, 0.6) is 0 Å². The molecule has 0 atom stereocenters.